The molecule has 0 saturated heterocycles. The fraction of sp³-hybridized carbons (Fsp3) is 0. The Balaban J connectivity index is 3.92. The van der Waals surface area contributed by atoms with Gasteiger partial charge >= 0.3 is 22.3 Å². The minimum Gasteiger partial charge on any atom is -0.473 e. The lowest BCUT2D eigenvalue weighted by Gasteiger charge is -1.93. The van der Waals surface area contributed by atoms with Crippen molar-refractivity contribution in [3.05, 3.63) is 0 Å². The van der Waals surface area contributed by atoms with Gasteiger partial charge in [-0.25, -0.2) is 9.59 Å². The third-order valence-electron chi connectivity index (χ3n) is 0.370. The number of carbonyl (C=O) groups is 2. The van der Waals surface area contributed by atoms with Crippen molar-refractivity contribution in [2.45, 2.75) is 0 Å². The summed E-state index contributed by atoms with van der Waals surface area (Å²) in [6, 6.07) is 0. The summed E-state index contributed by atoms with van der Waals surface area (Å²) >= 11 is 0. The summed E-state index contributed by atoms with van der Waals surface area (Å²) in [5.74, 6) is -4.00. The first-order valence-corrected chi connectivity index (χ1v) is 3.30. The molecule has 2 N–H and O–H groups in total. The Morgan fingerprint density at radius 1 is 1.27 bits per heavy atom. The van der Waals surface area contributed by atoms with Gasteiger partial charge in [0.25, 0.3) is 0 Å². The Kier molecular flexibility index (Phi) is 2.92. The summed E-state index contributed by atoms with van der Waals surface area (Å²) in [7, 11) is -4.96. The predicted octanol–water partition coefficient (Wildman–Crippen LogP) is -1.65. The fourth-order valence-electron chi connectivity index (χ4n) is 0.110. The van der Waals surface area contributed by atoms with Crippen LogP contribution in [0.2, 0.25) is 0 Å². The maximum Gasteiger partial charge on any atom is 0.451 e. The summed E-state index contributed by atoms with van der Waals surface area (Å²) in [5, 5.41) is 7.75. The molecule has 0 amide bonds. The number of carboxylic acids is 1. The second-order valence-corrected chi connectivity index (χ2v) is 2.16. The Morgan fingerprint density at radius 3 is 2.00 bits per heavy atom. The van der Waals surface area contributed by atoms with Crippen LogP contribution in [0.3, 0.4) is 0 Å². The van der Waals surface area contributed by atoms with E-state index in [9.17, 15) is 18.0 Å². The molecule has 0 unspecified atom stereocenters. The molecule has 9 heteroatoms. The molecule has 0 aliphatic heterocycles. The first kappa shape index (κ1) is 9.81. The van der Waals surface area contributed by atoms with Crippen LogP contribution in [0.15, 0.2) is 0 Å². The zero-order valence-electron chi connectivity index (χ0n) is 4.75. The lowest BCUT2D eigenvalue weighted by molar-refractivity contribution is -0.218. The lowest BCUT2D eigenvalue weighted by atomic mass is 10.7. The molecule has 0 rings (SSSR count). The van der Waals surface area contributed by atoms with Crippen LogP contribution in [0.25, 0.3) is 0 Å². The average Bonchev–Trinajstić information content (AvgIpc) is 1.80. The molecule has 0 aliphatic rings. The first-order valence-electron chi connectivity index (χ1n) is 1.94. The maximum atomic E-state index is 9.87. The van der Waals surface area contributed by atoms with E-state index in [1.807, 2.05) is 0 Å². The van der Waals surface area contributed by atoms with Crippen LogP contribution in [0, 0.1) is 0 Å². The molecule has 0 heterocycles. The topological polar surface area (TPSA) is 127 Å². The van der Waals surface area contributed by atoms with Crippen molar-refractivity contribution in [2.24, 2.45) is 0 Å². The van der Waals surface area contributed by atoms with Gasteiger partial charge in [0.15, 0.2) is 0 Å². The van der Waals surface area contributed by atoms with Crippen LogP contribution in [0.5, 0.6) is 0 Å². The summed E-state index contributed by atoms with van der Waals surface area (Å²) < 4.78 is 29.9. The molecule has 0 fully saturated rings. The fourth-order valence-corrected chi connectivity index (χ4v) is 0.257. The van der Waals surface area contributed by atoms with E-state index in [0.29, 0.717) is 0 Å². The Morgan fingerprint density at radius 2 is 1.73 bits per heavy atom. The van der Waals surface area contributed by atoms with E-state index in [1.165, 1.54) is 0 Å². The van der Waals surface area contributed by atoms with E-state index >= 15 is 0 Å². The van der Waals surface area contributed by atoms with Crippen molar-refractivity contribution < 1.29 is 36.9 Å². The second-order valence-electron chi connectivity index (χ2n) is 1.17. The molecular formula is C2H2O8S. The van der Waals surface area contributed by atoms with Gasteiger partial charge in [-0.15, -0.1) is 0 Å². The molecule has 0 radical (unpaired) electrons. The van der Waals surface area contributed by atoms with Crippen molar-refractivity contribution in [3.8, 4) is 0 Å². The summed E-state index contributed by atoms with van der Waals surface area (Å²) in [6.07, 6.45) is 0. The van der Waals surface area contributed by atoms with Crippen LogP contribution >= 0.6 is 0 Å². The maximum absolute atomic E-state index is 9.87. The molecule has 0 aromatic carbocycles. The van der Waals surface area contributed by atoms with Crippen LogP contribution in [-0.2, 0) is 29.2 Å². The highest BCUT2D eigenvalue weighted by Gasteiger charge is 2.18. The van der Waals surface area contributed by atoms with E-state index in [2.05, 4.69) is 9.22 Å². The van der Waals surface area contributed by atoms with E-state index in [-0.39, 0.29) is 0 Å². The van der Waals surface area contributed by atoms with Gasteiger partial charge in [-0.2, -0.15) is 8.42 Å². The van der Waals surface area contributed by atoms with Gasteiger partial charge < -0.3 is 5.11 Å². The lowest BCUT2D eigenvalue weighted by Crippen LogP contribution is -2.18. The van der Waals surface area contributed by atoms with Gasteiger partial charge in [0, 0.05) is 0 Å². The number of hydrogen-bond donors (Lipinski definition) is 2. The monoisotopic (exact) mass is 186 g/mol. The molecule has 64 valence electrons. The molecule has 0 aromatic heterocycles. The van der Waals surface area contributed by atoms with Gasteiger partial charge in [0.05, 0.1) is 0 Å². The van der Waals surface area contributed by atoms with Gasteiger partial charge in [0.2, 0.25) is 0 Å². The van der Waals surface area contributed by atoms with Gasteiger partial charge in [-0.3, -0.25) is 9.44 Å². The number of carbonyl (C=O) groups excluding carboxylic acids is 1. The van der Waals surface area contributed by atoms with Crippen molar-refractivity contribution >= 4 is 22.3 Å². The SMILES string of the molecule is O=C(O)C(=O)OOS(=O)(=O)O. The molecule has 0 bridgehead atoms. The largest absolute Gasteiger partial charge is 0.473 e. The minimum atomic E-state index is -4.96. The van der Waals surface area contributed by atoms with E-state index in [0.717, 1.165) is 0 Å². The molecular weight excluding hydrogens is 184 g/mol. The van der Waals surface area contributed by atoms with Crippen LogP contribution < -0.4 is 0 Å². The molecule has 8 nitrogen and oxygen atoms in total. The number of hydrogen-bond acceptors (Lipinski definition) is 6. The molecule has 11 heavy (non-hydrogen) atoms. The quantitative estimate of drug-likeness (QED) is 0.227. The van der Waals surface area contributed by atoms with Gasteiger partial charge in [0.1, 0.15) is 0 Å². The number of aliphatic carboxylic acids is 1. The summed E-state index contributed by atoms with van der Waals surface area (Å²) in [6.45, 7) is 0. The van der Waals surface area contributed by atoms with Gasteiger partial charge in [-0.1, -0.05) is 0 Å². The highest BCUT2D eigenvalue weighted by atomic mass is 32.3. The zero-order chi connectivity index (χ0) is 9.07. The zero-order valence-corrected chi connectivity index (χ0v) is 5.57. The Hall–Kier alpha value is -1.19. The Labute approximate surface area is 60.2 Å². The van der Waals surface area contributed by atoms with Gasteiger partial charge in [-0.05, 0) is 4.33 Å². The smallest absolute Gasteiger partial charge is 0.451 e. The normalized spacial score (nSPS) is 10.6. The second kappa shape index (κ2) is 3.27. The predicted molar refractivity (Wildman–Crippen MR) is 26.4 cm³/mol. The van der Waals surface area contributed by atoms with Crippen LogP contribution in [0.4, 0.5) is 0 Å². The highest BCUT2D eigenvalue weighted by Crippen LogP contribution is 1.88. The molecule has 0 spiro atoms. The average molecular weight is 186 g/mol. The Bertz CT molecular complexity index is 260. The molecule has 0 saturated carbocycles. The van der Waals surface area contributed by atoms with Crippen LogP contribution in [0.1, 0.15) is 0 Å². The van der Waals surface area contributed by atoms with Crippen LogP contribution in [-0.4, -0.2) is 30.0 Å². The van der Waals surface area contributed by atoms with E-state index < -0.39 is 22.3 Å². The van der Waals surface area contributed by atoms with Crippen molar-refractivity contribution in [2.75, 3.05) is 0 Å². The standard InChI is InChI=1S/C2H2O8S/c3-1(4)2(5)9-10-11(6,7)8/h(H,3,4)(H,6,7,8). The van der Waals surface area contributed by atoms with Crippen molar-refractivity contribution in [1.29, 1.82) is 0 Å². The van der Waals surface area contributed by atoms with Crippen molar-refractivity contribution in [3.63, 3.8) is 0 Å². The third kappa shape index (κ3) is 5.26. The highest BCUT2D eigenvalue weighted by molar-refractivity contribution is 7.80. The van der Waals surface area contributed by atoms with E-state index in [1.54, 1.807) is 0 Å². The minimum absolute atomic E-state index is 1.96. The molecule has 0 atom stereocenters. The summed E-state index contributed by atoms with van der Waals surface area (Å²) in [5.41, 5.74) is 0. The van der Waals surface area contributed by atoms with E-state index in [4.69, 9.17) is 9.66 Å². The number of carboxylic acid groups (broad SMARTS) is 1. The summed E-state index contributed by atoms with van der Waals surface area (Å²) in [4.78, 5) is 22.5. The molecule has 0 aromatic rings. The third-order valence-corrected chi connectivity index (χ3v) is 0.610. The number of rotatable bonds is 2. The van der Waals surface area contributed by atoms with Crippen molar-refractivity contribution in [1.82, 2.24) is 0 Å². The first-order chi connectivity index (χ1) is 4.83. The molecule has 0 aliphatic carbocycles.